The molecule has 0 aliphatic carbocycles. The maximum Gasteiger partial charge on any atom is 0.271 e. The van der Waals surface area contributed by atoms with Crippen LogP contribution in [0.15, 0.2) is 50.7 Å². The van der Waals surface area contributed by atoms with Gasteiger partial charge < -0.3 is 13.8 Å². The van der Waals surface area contributed by atoms with Gasteiger partial charge in [0.15, 0.2) is 12.3 Å². The molecule has 0 spiro atoms. The fourth-order valence-corrected chi connectivity index (χ4v) is 3.92. The molecule has 6 nitrogen and oxygen atoms in total. The Morgan fingerprint density at radius 1 is 1.10 bits per heavy atom. The Labute approximate surface area is 172 Å². The van der Waals surface area contributed by atoms with Crippen LogP contribution in [0.25, 0.3) is 22.1 Å². The number of quaternary nitrogens is 1. The normalized spacial score (nSPS) is 12.4. The number of hydrogen-bond donors (Lipinski definition) is 1. The third kappa shape index (κ3) is 4.44. The second-order valence-corrected chi connectivity index (χ2v) is 7.87. The van der Waals surface area contributed by atoms with Crippen molar-refractivity contribution in [2.45, 2.75) is 33.4 Å². The van der Waals surface area contributed by atoms with E-state index in [9.17, 15) is 4.39 Å². The predicted octanol–water partition coefficient (Wildman–Crippen LogP) is 3.90. The lowest BCUT2D eigenvalue weighted by atomic mass is 10.1. The van der Waals surface area contributed by atoms with Gasteiger partial charge in [0, 0.05) is 11.1 Å². The van der Waals surface area contributed by atoms with E-state index in [1.165, 1.54) is 17.0 Å². The van der Waals surface area contributed by atoms with Gasteiger partial charge in [0.2, 0.25) is 0 Å². The molecular weight excluding hydrogens is 391 g/mol. The van der Waals surface area contributed by atoms with Crippen molar-refractivity contribution in [3.8, 4) is 22.1 Å². The first kappa shape index (κ1) is 19.5. The van der Waals surface area contributed by atoms with Crippen molar-refractivity contribution in [1.29, 1.82) is 0 Å². The monoisotopic (exact) mass is 413 g/mol. The highest BCUT2D eigenvalue weighted by Crippen LogP contribution is 2.26. The first-order chi connectivity index (χ1) is 14.1. The van der Waals surface area contributed by atoms with Crippen molar-refractivity contribution in [2.75, 3.05) is 6.54 Å². The van der Waals surface area contributed by atoms with Gasteiger partial charge in [0.25, 0.3) is 11.8 Å². The van der Waals surface area contributed by atoms with Crippen molar-refractivity contribution >= 4 is 11.3 Å². The van der Waals surface area contributed by atoms with Gasteiger partial charge in [-0.15, -0.1) is 21.5 Å². The number of nitrogens with zero attached hydrogens (tertiary/aromatic N) is 3. The first-order valence-electron chi connectivity index (χ1n) is 9.55. The molecule has 1 N–H and O–H groups in total. The minimum Gasteiger partial charge on any atom is -0.414 e. The molecule has 0 fully saturated rings. The van der Waals surface area contributed by atoms with Crippen LogP contribution in [0.3, 0.4) is 0 Å². The van der Waals surface area contributed by atoms with Crippen molar-refractivity contribution in [3.05, 3.63) is 64.7 Å². The van der Waals surface area contributed by atoms with Crippen LogP contribution in [-0.2, 0) is 13.1 Å². The number of hydrogen-bond acceptors (Lipinski definition) is 6. The molecule has 4 aromatic rings. The fraction of sp³-hybridized carbons (Fsp3) is 0.286. The molecule has 1 atom stereocenters. The average Bonchev–Trinajstić information content (AvgIpc) is 3.45. The number of rotatable bonds is 8. The number of thiophene rings is 1. The summed E-state index contributed by atoms with van der Waals surface area (Å²) >= 11 is 1.58. The van der Waals surface area contributed by atoms with Gasteiger partial charge in [0.1, 0.15) is 18.1 Å². The highest BCUT2D eigenvalue weighted by Gasteiger charge is 2.21. The Morgan fingerprint density at radius 2 is 1.93 bits per heavy atom. The minimum absolute atomic E-state index is 0.272. The summed E-state index contributed by atoms with van der Waals surface area (Å²) in [6.07, 6.45) is 1.02. The quantitative estimate of drug-likeness (QED) is 0.475. The molecule has 150 valence electrons. The van der Waals surface area contributed by atoms with Gasteiger partial charge >= 0.3 is 0 Å². The summed E-state index contributed by atoms with van der Waals surface area (Å²) in [5, 5.41) is 14.6. The van der Waals surface area contributed by atoms with E-state index < -0.39 is 0 Å². The van der Waals surface area contributed by atoms with E-state index in [-0.39, 0.29) is 5.82 Å². The van der Waals surface area contributed by atoms with E-state index >= 15 is 0 Å². The zero-order valence-corrected chi connectivity index (χ0v) is 17.1. The summed E-state index contributed by atoms with van der Waals surface area (Å²) in [6.45, 7) is 6.36. The number of benzene rings is 1. The van der Waals surface area contributed by atoms with E-state index in [1.54, 1.807) is 23.5 Å². The van der Waals surface area contributed by atoms with E-state index in [1.807, 2.05) is 24.4 Å². The highest BCUT2D eigenvalue weighted by molar-refractivity contribution is 7.13. The third-order valence-electron chi connectivity index (χ3n) is 4.75. The molecule has 0 radical (unpaired) electrons. The van der Waals surface area contributed by atoms with E-state index in [0.29, 0.717) is 30.6 Å². The van der Waals surface area contributed by atoms with Crippen LogP contribution in [-0.4, -0.2) is 21.9 Å². The Bertz CT molecular complexity index is 1060. The van der Waals surface area contributed by atoms with E-state index in [0.717, 1.165) is 34.7 Å². The third-order valence-corrected chi connectivity index (χ3v) is 5.61. The lowest BCUT2D eigenvalue weighted by molar-refractivity contribution is -0.929. The number of nitrogens with one attached hydrogen (secondary N) is 1. The molecule has 0 amide bonds. The van der Waals surface area contributed by atoms with E-state index in [2.05, 4.69) is 22.3 Å². The van der Waals surface area contributed by atoms with Crippen molar-refractivity contribution in [2.24, 2.45) is 0 Å². The average molecular weight is 413 g/mol. The topological polar surface area (TPSA) is 69.4 Å². The summed E-state index contributed by atoms with van der Waals surface area (Å²) in [7, 11) is 0. The Morgan fingerprint density at radius 3 is 2.66 bits per heavy atom. The molecule has 8 heteroatoms. The summed E-state index contributed by atoms with van der Waals surface area (Å²) < 4.78 is 24.6. The summed E-state index contributed by atoms with van der Waals surface area (Å²) in [5.74, 6) is 1.57. The predicted molar refractivity (Wildman–Crippen MR) is 108 cm³/mol. The molecule has 29 heavy (non-hydrogen) atoms. The number of aromatic nitrogens is 3. The van der Waals surface area contributed by atoms with Crippen LogP contribution in [0.5, 0.6) is 0 Å². The summed E-state index contributed by atoms with van der Waals surface area (Å²) in [6, 6.07) is 10.2. The summed E-state index contributed by atoms with van der Waals surface area (Å²) in [4.78, 5) is 2.23. The molecule has 1 unspecified atom stereocenters. The minimum atomic E-state index is -0.272. The standard InChI is InChI=1S/C21H21FN4O2S/c1-3-10-26(13-19-23-24-21(27-19)18-5-4-11-29-18)12-17-14(2)20(28-25-17)15-6-8-16(22)9-7-15/h4-9,11H,3,10,12-13H2,1-2H3/p+1. The SMILES string of the molecule is CCC[NH+](Cc1nnc(-c2cccs2)o1)Cc1noc(-c2ccc(F)cc2)c1C. The molecule has 1 aromatic carbocycles. The van der Waals surface area contributed by atoms with Crippen LogP contribution >= 0.6 is 11.3 Å². The summed E-state index contributed by atoms with van der Waals surface area (Å²) in [5.41, 5.74) is 2.66. The van der Waals surface area contributed by atoms with E-state index in [4.69, 9.17) is 8.94 Å². The zero-order valence-electron chi connectivity index (χ0n) is 16.3. The van der Waals surface area contributed by atoms with Crippen LogP contribution < -0.4 is 4.90 Å². The van der Waals surface area contributed by atoms with Gasteiger partial charge in [-0.05, 0) is 49.1 Å². The van der Waals surface area contributed by atoms with Crippen molar-refractivity contribution in [3.63, 3.8) is 0 Å². The van der Waals surface area contributed by atoms with Gasteiger partial charge in [-0.3, -0.25) is 0 Å². The molecule has 3 aromatic heterocycles. The smallest absolute Gasteiger partial charge is 0.271 e. The Hall–Kier alpha value is -2.84. The van der Waals surface area contributed by atoms with Crippen LogP contribution in [0.2, 0.25) is 0 Å². The second kappa shape index (κ2) is 8.67. The fourth-order valence-electron chi connectivity index (χ4n) is 3.27. The van der Waals surface area contributed by atoms with Crippen LogP contribution in [0, 0.1) is 12.7 Å². The molecule has 0 saturated carbocycles. The molecular formula is C21H22FN4O2S+. The maximum absolute atomic E-state index is 13.2. The molecule has 3 heterocycles. The van der Waals surface area contributed by atoms with Gasteiger partial charge in [-0.25, -0.2) is 4.39 Å². The molecule has 0 bridgehead atoms. The van der Waals surface area contributed by atoms with Crippen LogP contribution in [0.4, 0.5) is 4.39 Å². The highest BCUT2D eigenvalue weighted by atomic mass is 32.1. The lowest BCUT2D eigenvalue weighted by Gasteiger charge is -2.15. The molecule has 0 aliphatic rings. The van der Waals surface area contributed by atoms with Crippen LogP contribution in [0.1, 0.15) is 30.5 Å². The van der Waals surface area contributed by atoms with Crippen molar-refractivity contribution in [1.82, 2.24) is 15.4 Å². The van der Waals surface area contributed by atoms with Crippen molar-refractivity contribution < 1.29 is 18.2 Å². The Balaban J connectivity index is 1.49. The number of halogens is 1. The molecule has 0 aliphatic heterocycles. The van der Waals surface area contributed by atoms with Gasteiger partial charge in [-0.1, -0.05) is 18.1 Å². The molecule has 4 rings (SSSR count). The first-order valence-corrected chi connectivity index (χ1v) is 10.4. The Kier molecular flexibility index (Phi) is 5.82. The second-order valence-electron chi connectivity index (χ2n) is 6.92. The molecule has 0 saturated heterocycles. The van der Waals surface area contributed by atoms with Gasteiger partial charge in [0.05, 0.1) is 11.4 Å². The largest absolute Gasteiger partial charge is 0.414 e. The maximum atomic E-state index is 13.2. The lowest BCUT2D eigenvalue weighted by Crippen LogP contribution is -3.09. The zero-order chi connectivity index (χ0) is 20.2. The van der Waals surface area contributed by atoms with Gasteiger partial charge in [-0.2, -0.15) is 0 Å².